The highest BCUT2D eigenvalue weighted by Crippen LogP contribution is 2.27. The highest BCUT2D eigenvalue weighted by Gasteiger charge is 2.16. The maximum absolute atomic E-state index is 11.7. The number of carbonyl (C=O) groups excluding carboxylic acids is 2. The SMILES string of the molecule is CCNC(=O)C(C)Oc1ccc2ccccc2c1C=O. The van der Waals surface area contributed by atoms with Crippen LogP contribution in [0.25, 0.3) is 10.8 Å². The second-order valence-electron chi connectivity index (χ2n) is 4.47. The summed E-state index contributed by atoms with van der Waals surface area (Å²) in [7, 11) is 0. The Morgan fingerprint density at radius 1 is 1.30 bits per heavy atom. The molecule has 4 nitrogen and oxygen atoms in total. The van der Waals surface area contributed by atoms with E-state index in [0.717, 1.165) is 17.1 Å². The van der Waals surface area contributed by atoms with Crippen molar-refractivity contribution in [3.05, 3.63) is 42.0 Å². The second kappa shape index (κ2) is 6.19. The number of nitrogens with one attached hydrogen (secondary N) is 1. The Balaban J connectivity index is 2.35. The molecule has 2 rings (SSSR count). The number of hydrogen-bond acceptors (Lipinski definition) is 3. The molecule has 4 heteroatoms. The molecule has 0 spiro atoms. The van der Waals surface area contributed by atoms with Crippen molar-refractivity contribution in [1.82, 2.24) is 5.32 Å². The summed E-state index contributed by atoms with van der Waals surface area (Å²) in [6.45, 7) is 4.05. The number of amides is 1. The average Bonchev–Trinajstić information content (AvgIpc) is 2.47. The standard InChI is InChI=1S/C16H17NO3/c1-3-17-16(19)11(2)20-15-9-8-12-6-4-5-7-13(12)14(15)10-18/h4-11H,3H2,1-2H3,(H,17,19). The van der Waals surface area contributed by atoms with Gasteiger partial charge in [-0.25, -0.2) is 0 Å². The Hall–Kier alpha value is -2.36. The van der Waals surface area contributed by atoms with Gasteiger partial charge in [-0.2, -0.15) is 0 Å². The first kappa shape index (κ1) is 14.1. The first-order valence-corrected chi connectivity index (χ1v) is 6.58. The minimum absolute atomic E-state index is 0.197. The summed E-state index contributed by atoms with van der Waals surface area (Å²) in [5.74, 6) is 0.231. The van der Waals surface area contributed by atoms with E-state index in [1.807, 2.05) is 37.3 Å². The predicted octanol–water partition coefficient (Wildman–Crippen LogP) is 2.56. The van der Waals surface area contributed by atoms with Gasteiger partial charge >= 0.3 is 0 Å². The largest absolute Gasteiger partial charge is 0.480 e. The fraction of sp³-hybridized carbons (Fsp3) is 0.250. The first-order valence-electron chi connectivity index (χ1n) is 6.58. The van der Waals surface area contributed by atoms with Gasteiger partial charge in [-0.1, -0.05) is 30.3 Å². The van der Waals surface area contributed by atoms with Crippen LogP contribution < -0.4 is 10.1 Å². The highest BCUT2D eigenvalue weighted by molar-refractivity contribution is 6.00. The summed E-state index contributed by atoms with van der Waals surface area (Å²) in [6.07, 6.45) is 0.122. The van der Waals surface area contributed by atoms with Gasteiger partial charge < -0.3 is 10.1 Å². The van der Waals surface area contributed by atoms with Crippen LogP contribution in [0.15, 0.2) is 36.4 Å². The Morgan fingerprint density at radius 2 is 2.05 bits per heavy atom. The van der Waals surface area contributed by atoms with Crippen LogP contribution in [0.4, 0.5) is 0 Å². The Morgan fingerprint density at radius 3 is 2.75 bits per heavy atom. The molecule has 0 saturated carbocycles. The van der Waals surface area contributed by atoms with E-state index in [2.05, 4.69) is 5.32 Å². The zero-order valence-corrected chi connectivity index (χ0v) is 11.6. The van der Waals surface area contributed by atoms with E-state index in [1.54, 1.807) is 13.0 Å². The Bertz CT molecular complexity index is 637. The zero-order chi connectivity index (χ0) is 14.5. The number of benzene rings is 2. The lowest BCUT2D eigenvalue weighted by atomic mass is 10.0. The van der Waals surface area contributed by atoms with Gasteiger partial charge in [0.15, 0.2) is 12.4 Å². The maximum Gasteiger partial charge on any atom is 0.260 e. The third-order valence-corrected chi connectivity index (χ3v) is 3.07. The van der Waals surface area contributed by atoms with Gasteiger partial charge in [-0.3, -0.25) is 9.59 Å². The van der Waals surface area contributed by atoms with E-state index in [-0.39, 0.29) is 5.91 Å². The molecule has 0 radical (unpaired) electrons. The van der Waals surface area contributed by atoms with Crippen LogP contribution >= 0.6 is 0 Å². The number of carbonyl (C=O) groups is 2. The number of ether oxygens (including phenoxy) is 1. The molecule has 104 valence electrons. The monoisotopic (exact) mass is 271 g/mol. The number of fused-ring (bicyclic) bond motifs is 1. The van der Waals surface area contributed by atoms with Crippen molar-refractivity contribution in [3.8, 4) is 5.75 Å². The van der Waals surface area contributed by atoms with E-state index < -0.39 is 6.10 Å². The molecule has 1 unspecified atom stereocenters. The van der Waals surface area contributed by atoms with Crippen molar-refractivity contribution in [3.63, 3.8) is 0 Å². The third-order valence-electron chi connectivity index (χ3n) is 3.07. The lowest BCUT2D eigenvalue weighted by molar-refractivity contribution is -0.127. The van der Waals surface area contributed by atoms with Crippen LogP contribution in [0.5, 0.6) is 5.75 Å². The Kier molecular flexibility index (Phi) is 4.35. The van der Waals surface area contributed by atoms with Gasteiger partial charge in [-0.15, -0.1) is 0 Å². The average molecular weight is 271 g/mol. The quantitative estimate of drug-likeness (QED) is 0.850. The number of aldehydes is 1. The molecule has 0 saturated heterocycles. The van der Waals surface area contributed by atoms with Crippen molar-refractivity contribution in [2.75, 3.05) is 6.54 Å². The normalized spacial score (nSPS) is 11.9. The van der Waals surface area contributed by atoms with Gasteiger partial charge in [0, 0.05) is 6.54 Å². The molecule has 0 bridgehead atoms. The summed E-state index contributed by atoms with van der Waals surface area (Å²) in [4.78, 5) is 23.0. The summed E-state index contributed by atoms with van der Waals surface area (Å²) in [5, 5.41) is 4.48. The van der Waals surface area contributed by atoms with Crippen molar-refractivity contribution >= 4 is 23.0 Å². The summed E-state index contributed by atoms with van der Waals surface area (Å²) in [6, 6.07) is 11.2. The number of hydrogen-bond donors (Lipinski definition) is 1. The van der Waals surface area contributed by atoms with E-state index in [1.165, 1.54) is 0 Å². The second-order valence-corrected chi connectivity index (χ2v) is 4.47. The van der Waals surface area contributed by atoms with Crippen LogP contribution in [0.2, 0.25) is 0 Å². The Labute approximate surface area is 117 Å². The predicted molar refractivity (Wildman–Crippen MR) is 78.1 cm³/mol. The smallest absolute Gasteiger partial charge is 0.260 e. The molecule has 0 aromatic heterocycles. The fourth-order valence-corrected chi connectivity index (χ4v) is 2.06. The van der Waals surface area contributed by atoms with Crippen LogP contribution in [0.3, 0.4) is 0 Å². The maximum atomic E-state index is 11.7. The fourth-order valence-electron chi connectivity index (χ4n) is 2.06. The molecular weight excluding hydrogens is 254 g/mol. The van der Waals surface area contributed by atoms with Crippen molar-refractivity contribution < 1.29 is 14.3 Å². The van der Waals surface area contributed by atoms with Crippen molar-refractivity contribution in [2.24, 2.45) is 0 Å². The molecule has 0 aliphatic rings. The zero-order valence-electron chi connectivity index (χ0n) is 11.6. The topological polar surface area (TPSA) is 55.4 Å². The minimum Gasteiger partial charge on any atom is -0.480 e. The van der Waals surface area contributed by atoms with Gasteiger partial charge in [0.05, 0.1) is 5.56 Å². The summed E-state index contributed by atoms with van der Waals surface area (Å²) >= 11 is 0. The van der Waals surface area contributed by atoms with E-state index in [4.69, 9.17) is 4.74 Å². The van der Waals surface area contributed by atoms with Crippen LogP contribution in [0.1, 0.15) is 24.2 Å². The molecule has 1 N–H and O–H groups in total. The molecule has 0 fully saturated rings. The van der Waals surface area contributed by atoms with Gasteiger partial charge in [0.1, 0.15) is 5.75 Å². The molecule has 0 heterocycles. The van der Waals surface area contributed by atoms with Gasteiger partial charge in [0.25, 0.3) is 5.91 Å². The van der Waals surface area contributed by atoms with Gasteiger partial charge in [-0.05, 0) is 30.7 Å². The molecule has 2 aromatic carbocycles. The van der Waals surface area contributed by atoms with Crippen LogP contribution in [0, 0.1) is 0 Å². The highest BCUT2D eigenvalue weighted by atomic mass is 16.5. The van der Waals surface area contributed by atoms with E-state index >= 15 is 0 Å². The minimum atomic E-state index is -0.644. The van der Waals surface area contributed by atoms with Crippen molar-refractivity contribution in [2.45, 2.75) is 20.0 Å². The summed E-state index contributed by atoms with van der Waals surface area (Å²) < 4.78 is 5.62. The van der Waals surface area contributed by atoms with E-state index in [9.17, 15) is 9.59 Å². The molecule has 1 atom stereocenters. The molecule has 0 aliphatic heterocycles. The molecule has 2 aromatic rings. The molecule has 20 heavy (non-hydrogen) atoms. The molecule has 1 amide bonds. The number of likely N-dealkylation sites (N-methyl/N-ethyl adjacent to an activating group) is 1. The van der Waals surface area contributed by atoms with Crippen LogP contribution in [-0.2, 0) is 4.79 Å². The third kappa shape index (κ3) is 2.79. The van der Waals surface area contributed by atoms with Crippen LogP contribution in [-0.4, -0.2) is 24.8 Å². The van der Waals surface area contributed by atoms with E-state index in [0.29, 0.717) is 17.9 Å². The summed E-state index contributed by atoms with van der Waals surface area (Å²) in [5.41, 5.74) is 0.472. The molecular formula is C16H17NO3. The number of rotatable bonds is 5. The first-order chi connectivity index (χ1) is 9.67. The van der Waals surface area contributed by atoms with Gasteiger partial charge in [0.2, 0.25) is 0 Å². The van der Waals surface area contributed by atoms with Crippen molar-refractivity contribution in [1.29, 1.82) is 0 Å². The lowest BCUT2D eigenvalue weighted by Gasteiger charge is -2.16. The lowest BCUT2D eigenvalue weighted by Crippen LogP contribution is -2.36. The molecule has 0 aliphatic carbocycles.